The summed E-state index contributed by atoms with van der Waals surface area (Å²) in [4.78, 5) is 2.45. The Balaban J connectivity index is 1.74. The monoisotopic (exact) mass is 260 g/mol. The zero-order chi connectivity index (χ0) is 13.5. The number of nitrogens with zero attached hydrogens (tertiary/aromatic N) is 2. The summed E-state index contributed by atoms with van der Waals surface area (Å²) in [6.45, 7) is 9.79. The van der Waals surface area contributed by atoms with Gasteiger partial charge in [0.1, 0.15) is 0 Å². The Hall–Kier alpha value is -1.39. The van der Waals surface area contributed by atoms with Gasteiger partial charge in [0.05, 0.1) is 11.2 Å². The standard InChI is InChI=1S/C15H24N4/c1-3-19(4-2)11-7-10-16-12-15-13-8-5-6-9-14(13)17-18-15/h5-6,8-9,16H,3-4,7,10-12H2,1-2H3,(H,17,18). The summed E-state index contributed by atoms with van der Waals surface area (Å²) in [5.74, 6) is 0. The summed E-state index contributed by atoms with van der Waals surface area (Å²) in [7, 11) is 0. The van der Waals surface area contributed by atoms with Crippen LogP contribution in [0.15, 0.2) is 24.3 Å². The first kappa shape index (κ1) is 14.0. The van der Waals surface area contributed by atoms with E-state index in [1.807, 2.05) is 12.1 Å². The molecule has 0 aliphatic rings. The SMILES string of the molecule is CCN(CC)CCCNCc1[nH]nc2ccccc12. The number of para-hydroxylation sites is 1. The van der Waals surface area contributed by atoms with Crippen molar-refractivity contribution >= 4 is 10.9 Å². The van der Waals surface area contributed by atoms with E-state index in [1.165, 1.54) is 24.0 Å². The zero-order valence-electron chi connectivity index (χ0n) is 11.9. The third-order valence-electron chi connectivity index (χ3n) is 3.56. The summed E-state index contributed by atoms with van der Waals surface area (Å²) in [5.41, 5.74) is 2.22. The van der Waals surface area contributed by atoms with E-state index in [4.69, 9.17) is 0 Å². The highest BCUT2D eigenvalue weighted by molar-refractivity contribution is 5.81. The minimum absolute atomic E-state index is 0.860. The molecule has 0 saturated carbocycles. The molecule has 4 heteroatoms. The molecule has 19 heavy (non-hydrogen) atoms. The molecule has 1 heterocycles. The summed E-state index contributed by atoms with van der Waals surface area (Å²) in [6.07, 6.45) is 1.19. The van der Waals surface area contributed by atoms with Gasteiger partial charge in [-0.3, -0.25) is 5.10 Å². The minimum Gasteiger partial charge on any atom is -0.311 e. The van der Waals surface area contributed by atoms with Gasteiger partial charge in [-0.1, -0.05) is 32.0 Å². The van der Waals surface area contributed by atoms with Crippen LogP contribution in [0.25, 0.3) is 10.9 Å². The molecule has 0 bridgehead atoms. The fourth-order valence-corrected chi connectivity index (χ4v) is 2.33. The summed E-state index contributed by atoms with van der Waals surface area (Å²) in [6, 6.07) is 8.23. The Bertz CT molecular complexity index is 488. The molecule has 0 radical (unpaired) electrons. The molecular formula is C15H24N4. The van der Waals surface area contributed by atoms with Gasteiger partial charge >= 0.3 is 0 Å². The van der Waals surface area contributed by atoms with Crippen LogP contribution in [0.1, 0.15) is 26.0 Å². The van der Waals surface area contributed by atoms with Crippen LogP contribution in [0.2, 0.25) is 0 Å². The van der Waals surface area contributed by atoms with E-state index in [0.717, 1.165) is 31.7 Å². The van der Waals surface area contributed by atoms with E-state index >= 15 is 0 Å². The zero-order valence-corrected chi connectivity index (χ0v) is 11.9. The lowest BCUT2D eigenvalue weighted by Crippen LogP contribution is -2.27. The average molecular weight is 260 g/mol. The molecule has 0 saturated heterocycles. The van der Waals surface area contributed by atoms with Gasteiger partial charge in [0, 0.05) is 11.9 Å². The molecule has 0 fully saturated rings. The summed E-state index contributed by atoms with van der Waals surface area (Å²) < 4.78 is 0. The Morgan fingerprint density at radius 2 is 2.00 bits per heavy atom. The molecule has 0 unspecified atom stereocenters. The highest BCUT2D eigenvalue weighted by atomic mass is 15.1. The van der Waals surface area contributed by atoms with Gasteiger partial charge in [-0.2, -0.15) is 5.10 Å². The van der Waals surface area contributed by atoms with Crippen molar-refractivity contribution in [1.82, 2.24) is 20.4 Å². The van der Waals surface area contributed by atoms with Crippen LogP contribution in [0.4, 0.5) is 0 Å². The van der Waals surface area contributed by atoms with Crippen molar-refractivity contribution < 1.29 is 0 Å². The number of nitrogens with one attached hydrogen (secondary N) is 2. The first-order chi connectivity index (χ1) is 9.35. The molecule has 1 aromatic heterocycles. The number of rotatable bonds is 8. The molecule has 2 aromatic rings. The average Bonchev–Trinajstić information content (AvgIpc) is 2.86. The largest absolute Gasteiger partial charge is 0.311 e. The van der Waals surface area contributed by atoms with Crippen molar-refractivity contribution in [2.45, 2.75) is 26.8 Å². The van der Waals surface area contributed by atoms with Crippen molar-refractivity contribution in [2.24, 2.45) is 0 Å². The van der Waals surface area contributed by atoms with Crippen LogP contribution < -0.4 is 5.32 Å². The van der Waals surface area contributed by atoms with Gasteiger partial charge in [0.15, 0.2) is 0 Å². The molecule has 0 aliphatic carbocycles. The number of hydrogen-bond donors (Lipinski definition) is 2. The predicted octanol–water partition coefficient (Wildman–Crippen LogP) is 2.38. The first-order valence-electron chi connectivity index (χ1n) is 7.20. The second-order valence-electron chi connectivity index (χ2n) is 4.78. The van der Waals surface area contributed by atoms with Crippen LogP contribution in [0.5, 0.6) is 0 Å². The smallest absolute Gasteiger partial charge is 0.0924 e. The molecular weight excluding hydrogens is 236 g/mol. The Labute approximate surface area is 115 Å². The van der Waals surface area contributed by atoms with E-state index in [0.29, 0.717) is 0 Å². The normalized spacial score (nSPS) is 11.5. The van der Waals surface area contributed by atoms with Crippen LogP contribution in [0, 0.1) is 0 Å². The second kappa shape index (κ2) is 7.26. The van der Waals surface area contributed by atoms with Crippen molar-refractivity contribution in [3.63, 3.8) is 0 Å². The lowest BCUT2D eigenvalue weighted by molar-refractivity contribution is 0.298. The molecule has 0 aliphatic heterocycles. The van der Waals surface area contributed by atoms with Gasteiger partial charge in [0.2, 0.25) is 0 Å². The highest BCUT2D eigenvalue weighted by Crippen LogP contribution is 2.14. The predicted molar refractivity (Wildman–Crippen MR) is 80.2 cm³/mol. The molecule has 1 aromatic carbocycles. The summed E-state index contributed by atoms with van der Waals surface area (Å²) in [5, 5.41) is 12.1. The summed E-state index contributed by atoms with van der Waals surface area (Å²) >= 11 is 0. The maximum atomic E-state index is 4.30. The van der Waals surface area contributed by atoms with Crippen molar-refractivity contribution in [2.75, 3.05) is 26.2 Å². The molecule has 2 rings (SSSR count). The van der Waals surface area contributed by atoms with Crippen molar-refractivity contribution in [3.8, 4) is 0 Å². The molecule has 4 nitrogen and oxygen atoms in total. The minimum atomic E-state index is 0.860. The first-order valence-corrected chi connectivity index (χ1v) is 7.20. The van der Waals surface area contributed by atoms with E-state index in [9.17, 15) is 0 Å². The molecule has 104 valence electrons. The fourth-order valence-electron chi connectivity index (χ4n) is 2.33. The molecule has 2 N–H and O–H groups in total. The van der Waals surface area contributed by atoms with Crippen molar-refractivity contribution in [1.29, 1.82) is 0 Å². The lowest BCUT2D eigenvalue weighted by Gasteiger charge is -2.17. The Morgan fingerprint density at radius 1 is 1.21 bits per heavy atom. The Morgan fingerprint density at radius 3 is 2.79 bits per heavy atom. The quantitative estimate of drug-likeness (QED) is 0.716. The van der Waals surface area contributed by atoms with Gasteiger partial charge in [-0.05, 0) is 38.7 Å². The van der Waals surface area contributed by atoms with Crippen LogP contribution in [0.3, 0.4) is 0 Å². The number of fused-ring (bicyclic) bond motifs is 1. The van der Waals surface area contributed by atoms with Gasteiger partial charge in [-0.25, -0.2) is 0 Å². The Kier molecular flexibility index (Phi) is 5.36. The van der Waals surface area contributed by atoms with Gasteiger partial charge in [-0.15, -0.1) is 0 Å². The number of benzene rings is 1. The van der Waals surface area contributed by atoms with Gasteiger partial charge in [0.25, 0.3) is 0 Å². The third-order valence-corrected chi connectivity index (χ3v) is 3.56. The van der Waals surface area contributed by atoms with E-state index in [2.05, 4.69) is 46.4 Å². The van der Waals surface area contributed by atoms with Crippen LogP contribution in [-0.4, -0.2) is 41.3 Å². The number of H-pyrrole nitrogens is 1. The molecule has 0 spiro atoms. The molecule has 0 atom stereocenters. The number of hydrogen-bond acceptors (Lipinski definition) is 3. The van der Waals surface area contributed by atoms with E-state index < -0.39 is 0 Å². The fraction of sp³-hybridized carbons (Fsp3) is 0.533. The van der Waals surface area contributed by atoms with Gasteiger partial charge < -0.3 is 10.2 Å². The highest BCUT2D eigenvalue weighted by Gasteiger charge is 2.03. The number of aromatic nitrogens is 2. The number of aromatic amines is 1. The van der Waals surface area contributed by atoms with E-state index in [-0.39, 0.29) is 0 Å². The van der Waals surface area contributed by atoms with Crippen molar-refractivity contribution in [3.05, 3.63) is 30.0 Å². The second-order valence-corrected chi connectivity index (χ2v) is 4.78. The van der Waals surface area contributed by atoms with Crippen LogP contribution in [-0.2, 0) is 6.54 Å². The lowest BCUT2D eigenvalue weighted by atomic mass is 10.2. The molecule has 0 amide bonds. The maximum Gasteiger partial charge on any atom is 0.0924 e. The van der Waals surface area contributed by atoms with E-state index in [1.54, 1.807) is 0 Å². The topological polar surface area (TPSA) is 44.0 Å². The maximum absolute atomic E-state index is 4.30. The third kappa shape index (κ3) is 3.78. The van der Waals surface area contributed by atoms with Crippen LogP contribution >= 0.6 is 0 Å².